The highest BCUT2D eigenvalue weighted by atomic mass is 16.5. The van der Waals surface area contributed by atoms with E-state index in [1.165, 1.54) is 0 Å². The Labute approximate surface area is 141 Å². The Kier molecular flexibility index (Phi) is 4.62. The molecule has 0 atom stereocenters. The normalized spacial score (nSPS) is 10.2. The standard InChI is InChI=1S/C21H18O3/c1-15-4-3-5-20(14-15)24-19-12-8-17(9-13-19)21(22)16-6-10-18(23-2)11-7-16/h3-14H,1-2H3. The summed E-state index contributed by atoms with van der Waals surface area (Å²) in [6.07, 6.45) is 0. The lowest BCUT2D eigenvalue weighted by atomic mass is 10.0. The zero-order chi connectivity index (χ0) is 16.9. The Bertz CT molecular complexity index is 834. The van der Waals surface area contributed by atoms with E-state index in [1.807, 2.05) is 31.2 Å². The molecule has 3 nitrogen and oxygen atoms in total. The van der Waals surface area contributed by atoms with Crippen LogP contribution in [0.4, 0.5) is 0 Å². The molecular weight excluding hydrogens is 300 g/mol. The third-order valence-corrected chi connectivity index (χ3v) is 3.69. The van der Waals surface area contributed by atoms with E-state index in [2.05, 4.69) is 0 Å². The Hall–Kier alpha value is -3.07. The molecule has 0 amide bonds. The minimum atomic E-state index is -0.0280. The summed E-state index contributed by atoms with van der Waals surface area (Å²) in [7, 11) is 1.60. The van der Waals surface area contributed by atoms with Crippen molar-refractivity contribution in [2.45, 2.75) is 6.92 Å². The number of ketones is 1. The van der Waals surface area contributed by atoms with E-state index in [4.69, 9.17) is 9.47 Å². The number of hydrogen-bond donors (Lipinski definition) is 0. The third kappa shape index (κ3) is 3.63. The minimum absolute atomic E-state index is 0.0280. The lowest BCUT2D eigenvalue weighted by Crippen LogP contribution is -2.01. The minimum Gasteiger partial charge on any atom is -0.497 e. The fourth-order valence-electron chi connectivity index (χ4n) is 2.40. The number of methoxy groups -OCH3 is 1. The highest BCUT2D eigenvalue weighted by molar-refractivity contribution is 6.09. The number of rotatable bonds is 5. The maximum atomic E-state index is 12.5. The summed E-state index contributed by atoms with van der Waals surface area (Å²) in [6, 6.07) is 22.1. The van der Waals surface area contributed by atoms with Crippen LogP contribution < -0.4 is 9.47 Å². The van der Waals surface area contributed by atoms with Crippen LogP contribution in [0.15, 0.2) is 72.8 Å². The fraction of sp³-hybridized carbons (Fsp3) is 0.0952. The third-order valence-electron chi connectivity index (χ3n) is 3.69. The van der Waals surface area contributed by atoms with Crippen molar-refractivity contribution in [1.29, 1.82) is 0 Å². The van der Waals surface area contributed by atoms with Crippen LogP contribution in [0.2, 0.25) is 0 Å². The SMILES string of the molecule is COc1ccc(C(=O)c2ccc(Oc3cccc(C)c3)cc2)cc1. The first-order valence-corrected chi connectivity index (χ1v) is 7.69. The molecule has 3 aromatic carbocycles. The monoisotopic (exact) mass is 318 g/mol. The van der Waals surface area contributed by atoms with Crippen LogP contribution in [-0.2, 0) is 0 Å². The van der Waals surface area contributed by atoms with Crippen molar-refractivity contribution >= 4 is 5.78 Å². The Morgan fingerprint density at radius 2 is 1.33 bits per heavy atom. The first-order chi connectivity index (χ1) is 11.7. The molecular formula is C21H18O3. The van der Waals surface area contributed by atoms with Gasteiger partial charge >= 0.3 is 0 Å². The van der Waals surface area contributed by atoms with E-state index in [1.54, 1.807) is 55.6 Å². The molecule has 0 heterocycles. The molecule has 0 aliphatic heterocycles. The number of hydrogen-bond acceptors (Lipinski definition) is 3. The molecule has 0 aromatic heterocycles. The van der Waals surface area contributed by atoms with Gasteiger partial charge in [0.05, 0.1) is 7.11 Å². The van der Waals surface area contributed by atoms with Crippen molar-refractivity contribution < 1.29 is 14.3 Å². The summed E-state index contributed by atoms with van der Waals surface area (Å²) in [5.41, 5.74) is 2.39. The second kappa shape index (κ2) is 7.01. The molecule has 3 rings (SSSR count). The second-order valence-corrected chi connectivity index (χ2v) is 5.50. The molecule has 0 unspecified atom stereocenters. The number of carbonyl (C=O) groups is 1. The number of ether oxygens (including phenoxy) is 2. The molecule has 0 bridgehead atoms. The van der Waals surface area contributed by atoms with Gasteiger partial charge in [-0.2, -0.15) is 0 Å². The van der Waals surface area contributed by atoms with Gasteiger partial charge in [-0.15, -0.1) is 0 Å². The summed E-state index contributed by atoms with van der Waals surface area (Å²) in [4.78, 5) is 12.5. The number of aryl methyl sites for hydroxylation is 1. The highest BCUT2D eigenvalue weighted by Crippen LogP contribution is 2.23. The molecule has 0 saturated carbocycles. The lowest BCUT2D eigenvalue weighted by Gasteiger charge is -2.07. The Balaban J connectivity index is 1.74. The van der Waals surface area contributed by atoms with Crippen molar-refractivity contribution in [2.24, 2.45) is 0 Å². The molecule has 0 spiro atoms. The first-order valence-electron chi connectivity index (χ1n) is 7.69. The molecule has 0 fully saturated rings. The molecule has 0 aliphatic rings. The van der Waals surface area contributed by atoms with Crippen molar-refractivity contribution in [3.8, 4) is 17.2 Å². The average Bonchev–Trinajstić information content (AvgIpc) is 2.62. The van der Waals surface area contributed by atoms with Crippen LogP contribution in [0.3, 0.4) is 0 Å². The van der Waals surface area contributed by atoms with Gasteiger partial charge in [0, 0.05) is 11.1 Å². The predicted molar refractivity (Wildman–Crippen MR) is 94.1 cm³/mol. The zero-order valence-electron chi connectivity index (χ0n) is 13.7. The van der Waals surface area contributed by atoms with Crippen LogP contribution >= 0.6 is 0 Å². The lowest BCUT2D eigenvalue weighted by molar-refractivity contribution is 0.103. The van der Waals surface area contributed by atoms with Gasteiger partial charge in [-0.3, -0.25) is 4.79 Å². The fourth-order valence-corrected chi connectivity index (χ4v) is 2.40. The predicted octanol–water partition coefficient (Wildman–Crippen LogP) is 5.03. The van der Waals surface area contributed by atoms with Gasteiger partial charge in [0.1, 0.15) is 17.2 Å². The van der Waals surface area contributed by atoms with Crippen molar-refractivity contribution in [3.05, 3.63) is 89.5 Å². The molecule has 0 aliphatic carbocycles. The summed E-state index contributed by atoms with van der Waals surface area (Å²) < 4.78 is 10.9. The second-order valence-electron chi connectivity index (χ2n) is 5.50. The van der Waals surface area contributed by atoms with Crippen molar-refractivity contribution in [1.82, 2.24) is 0 Å². The summed E-state index contributed by atoms with van der Waals surface area (Å²) in [5.74, 6) is 2.18. The van der Waals surface area contributed by atoms with E-state index in [0.717, 1.165) is 17.1 Å². The van der Waals surface area contributed by atoms with Gasteiger partial charge in [0.25, 0.3) is 0 Å². The van der Waals surface area contributed by atoms with E-state index in [9.17, 15) is 4.79 Å². The average molecular weight is 318 g/mol. The van der Waals surface area contributed by atoms with Gasteiger partial charge in [-0.05, 0) is 73.2 Å². The van der Waals surface area contributed by atoms with Crippen LogP contribution in [-0.4, -0.2) is 12.9 Å². The molecule has 0 N–H and O–H groups in total. The molecule has 120 valence electrons. The molecule has 0 saturated heterocycles. The van der Waals surface area contributed by atoms with Crippen molar-refractivity contribution in [2.75, 3.05) is 7.11 Å². The van der Waals surface area contributed by atoms with E-state index < -0.39 is 0 Å². The maximum absolute atomic E-state index is 12.5. The maximum Gasteiger partial charge on any atom is 0.193 e. The van der Waals surface area contributed by atoms with E-state index in [-0.39, 0.29) is 5.78 Å². The van der Waals surface area contributed by atoms with Crippen LogP contribution in [0.5, 0.6) is 17.2 Å². The van der Waals surface area contributed by atoms with Gasteiger partial charge in [0.15, 0.2) is 5.78 Å². The molecule has 3 heteroatoms. The first kappa shape index (κ1) is 15.8. The summed E-state index contributed by atoms with van der Waals surface area (Å²) in [6.45, 7) is 2.02. The highest BCUT2D eigenvalue weighted by Gasteiger charge is 2.09. The molecule has 24 heavy (non-hydrogen) atoms. The van der Waals surface area contributed by atoms with Crippen LogP contribution in [0.25, 0.3) is 0 Å². The van der Waals surface area contributed by atoms with Crippen molar-refractivity contribution in [3.63, 3.8) is 0 Å². The molecule has 3 aromatic rings. The van der Waals surface area contributed by atoms with Gasteiger partial charge in [-0.25, -0.2) is 0 Å². The van der Waals surface area contributed by atoms with Crippen LogP contribution in [0, 0.1) is 6.92 Å². The topological polar surface area (TPSA) is 35.5 Å². The Morgan fingerprint density at radius 1 is 0.750 bits per heavy atom. The summed E-state index contributed by atoms with van der Waals surface area (Å²) in [5, 5.41) is 0. The van der Waals surface area contributed by atoms with E-state index in [0.29, 0.717) is 16.9 Å². The van der Waals surface area contributed by atoms with Gasteiger partial charge in [0.2, 0.25) is 0 Å². The largest absolute Gasteiger partial charge is 0.497 e. The summed E-state index contributed by atoms with van der Waals surface area (Å²) >= 11 is 0. The van der Waals surface area contributed by atoms with Gasteiger partial charge < -0.3 is 9.47 Å². The smallest absolute Gasteiger partial charge is 0.193 e. The zero-order valence-corrected chi connectivity index (χ0v) is 13.7. The molecule has 0 radical (unpaired) electrons. The van der Waals surface area contributed by atoms with Crippen LogP contribution in [0.1, 0.15) is 21.5 Å². The number of benzene rings is 3. The number of carbonyl (C=O) groups excluding carboxylic acids is 1. The van der Waals surface area contributed by atoms with Gasteiger partial charge in [-0.1, -0.05) is 12.1 Å². The Morgan fingerprint density at radius 3 is 1.88 bits per heavy atom. The van der Waals surface area contributed by atoms with E-state index >= 15 is 0 Å². The quantitative estimate of drug-likeness (QED) is 0.619.